The molecule has 2 aromatic carbocycles. The molecule has 0 unspecified atom stereocenters. The third-order valence-electron chi connectivity index (χ3n) is 5.16. The van der Waals surface area contributed by atoms with Gasteiger partial charge in [0.05, 0.1) is 0 Å². The lowest BCUT2D eigenvalue weighted by molar-refractivity contribution is -0.120. The Bertz CT molecular complexity index is 813. The second kappa shape index (κ2) is 8.25. The van der Waals surface area contributed by atoms with Crippen LogP contribution in [0.2, 0.25) is 0 Å². The molecule has 1 heterocycles. The van der Waals surface area contributed by atoms with Crippen molar-refractivity contribution in [3.05, 3.63) is 59.7 Å². The van der Waals surface area contributed by atoms with Crippen LogP contribution in [0.1, 0.15) is 29.8 Å². The van der Waals surface area contributed by atoms with Crippen LogP contribution in [0.15, 0.2) is 48.5 Å². The number of hydrogen-bond acceptors (Lipinski definition) is 3. The van der Waals surface area contributed by atoms with Crippen molar-refractivity contribution in [3.63, 3.8) is 0 Å². The molecule has 0 saturated carbocycles. The van der Waals surface area contributed by atoms with Gasteiger partial charge in [0.15, 0.2) is 0 Å². The van der Waals surface area contributed by atoms with Crippen molar-refractivity contribution in [2.45, 2.75) is 20.8 Å². The Morgan fingerprint density at radius 1 is 1.00 bits per heavy atom. The first-order chi connectivity index (χ1) is 13.0. The second-order valence-corrected chi connectivity index (χ2v) is 6.78. The molecule has 27 heavy (non-hydrogen) atoms. The lowest BCUT2D eigenvalue weighted by Gasteiger charge is -2.35. The molecule has 1 aliphatic rings. The largest absolute Gasteiger partial charge is 0.372 e. The molecule has 0 N–H and O–H groups in total. The van der Waals surface area contributed by atoms with Crippen molar-refractivity contribution in [3.8, 4) is 0 Å². The normalized spacial score (nSPS) is 14.4. The van der Waals surface area contributed by atoms with E-state index in [2.05, 4.69) is 18.7 Å². The van der Waals surface area contributed by atoms with Gasteiger partial charge in [-0.3, -0.25) is 9.59 Å². The van der Waals surface area contributed by atoms with E-state index >= 15 is 0 Å². The Hall–Kier alpha value is -2.82. The van der Waals surface area contributed by atoms with Crippen LogP contribution in [0.4, 0.5) is 11.4 Å². The fraction of sp³-hybridized carbons (Fsp3) is 0.364. The Balaban J connectivity index is 1.69. The molecule has 0 aliphatic carbocycles. The molecular weight excluding hydrogens is 338 g/mol. The molecule has 2 aromatic rings. The number of rotatable bonds is 5. The van der Waals surface area contributed by atoms with Gasteiger partial charge in [0.25, 0.3) is 5.91 Å². The maximum absolute atomic E-state index is 12.8. The summed E-state index contributed by atoms with van der Waals surface area (Å²) in [5.74, 6) is -0.123. The van der Waals surface area contributed by atoms with Gasteiger partial charge in [-0.15, -0.1) is 0 Å². The number of anilines is 2. The number of piperazine rings is 1. The summed E-state index contributed by atoms with van der Waals surface area (Å²) in [6, 6.07) is 15.5. The van der Waals surface area contributed by atoms with E-state index in [0.717, 1.165) is 30.0 Å². The number of nitrogens with zero attached hydrogens (tertiary/aromatic N) is 3. The fourth-order valence-electron chi connectivity index (χ4n) is 3.55. The first-order valence-electron chi connectivity index (χ1n) is 9.55. The van der Waals surface area contributed by atoms with E-state index in [1.165, 1.54) is 0 Å². The van der Waals surface area contributed by atoms with Crippen molar-refractivity contribution in [1.82, 2.24) is 4.90 Å². The monoisotopic (exact) mass is 365 g/mol. The van der Waals surface area contributed by atoms with Crippen LogP contribution < -0.4 is 9.80 Å². The van der Waals surface area contributed by atoms with Crippen molar-refractivity contribution in [2.75, 3.05) is 42.5 Å². The quantitative estimate of drug-likeness (QED) is 0.816. The molecule has 142 valence electrons. The summed E-state index contributed by atoms with van der Waals surface area (Å²) in [7, 11) is 0. The van der Waals surface area contributed by atoms with Gasteiger partial charge in [0.2, 0.25) is 5.91 Å². The van der Waals surface area contributed by atoms with Gasteiger partial charge in [0, 0.05) is 43.1 Å². The van der Waals surface area contributed by atoms with E-state index in [9.17, 15) is 9.59 Å². The van der Waals surface area contributed by atoms with Crippen LogP contribution in [-0.4, -0.2) is 49.4 Å². The molecular formula is C22H27N3O2. The number of para-hydroxylation sites is 1. The predicted molar refractivity (Wildman–Crippen MR) is 109 cm³/mol. The van der Waals surface area contributed by atoms with Crippen LogP contribution in [0.5, 0.6) is 0 Å². The number of benzene rings is 2. The van der Waals surface area contributed by atoms with Gasteiger partial charge < -0.3 is 14.7 Å². The van der Waals surface area contributed by atoms with Gasteiger partial charge in [-0.2, -0.15) is 0 Å². The van der Waals surface area contributed by atoms with E-state index in [1.54, 1.807) is 9.80 Å². The standard InChI is InChI=1S/C22H27N3O2/c1-4-23(5-2)19-12-10-18(11-13-19)22(27)24-14-15-25(21(26)16-24)20-9-7-6-8-17(20)3/h6-13H,4-5,14-16H2,1-3H3. The van der Waals surface area contributed by atoms with Crippen LogP contribution >= 0.6 is 0 Å². The summed E-state index contributed by atoms with van der Waals surface area (Å²) < 4.78 is 0. The molecule has 0 spiro atoms. The van der Waals surface area contributed by atoms with Crippen LogP contribution in [0.3, 0.4) is 0 Å². The van der Waals surface area contributed by atoms with Gasteiger partial charge in [-0.1, -0.05) is 18.2 Å². The van der Waals surface area contributed by atoms with E-state index < -0.39 is 0 Å². The van der Waals surface area contributed by atoms with Gasteiger partial charge in [-0.05, 0) is 56.7 Å². The molecule has 1 aliphatic heterocycles. The van der Waals surface area contributed by atoms with Crippen molar-refractivity contribution in [1.29, 1.82) is 0 Å². The second-order valence-electron chi connectivity index (χ2n) is 6.78. The minimum Gasteiger partial charge on any atom is -0.372 e. The highest BCUT2D eigenvalue weighted by molar-refractivity contribution is 6.02. The maximum Gasteiger partial charge on any atom is 0.254 e. The number of amides is 2. The zero-order valence-corrected chi connectivity index (χ0v) is 16.3. The highest BCUT2D eigenvalue weighted by Gasteiger charge is 2.29. The summed E-state index contributed by atoms with van der Waals surface area (Å²) in [5, 5.41) is 0. The first-order valence-corrected chi connectivity index (χ1v) is 9.55. The molecule has 0 atom stereocenters. The van der Waals surface area contributed by atoms with Gasteiger partial charge in [-0.25, -0.2) is 0 Å². The first kappa shape index (κ1) is 19.0. The molecule has 2 amide bonds. The minimum absolute atomic E-state index is 0.0383. The Kier molecular flexibility index (Phi) is 5.79. The molecule has 0 radical (unpaired) electrons. The molecule has 1 saturated heterocycles. The zero-order chi connectivity index (χ0) is 19.4. The summed E-state index contributed by atoms with van der Waals surface area (Å²) in [6.07, 6.45) is 0. The van der Waals surface area contributed by atoms with Crippen molar-refractivity contribution < 1.29 is 9.59 Å². The van der Waals surface area contributed by atoms with E-state index in [4.69, 9.17) is 0 Å². The SMILES string of the molecule is CCN(CC)c1ccc(C(=O)N2CCN(c3ccccc3C)C(=O)C2)cc1. The Morgan fingerprint density at radius 2 is 1.67 bits per heavy atom. The highest BCUT2D eigenvalue weighted by atomic mass is 16.2. The van der Waals surface area contributed by atoms with Gasteiger partial charge >= 0.3 is 0 Å². The molecule has 0 bridgehead atoms. The summed E-state index contributed by atoms with van der Waals surface area (Å²) >= 11 is 0. The lowest BCUT2D eigenvalue weighted by atomic mass is 10.1. The molecule has 5 heteroatoms. The van der Waals surface area contributed by atoms with Crippen LogP contribution in [0, 0.1) is 6.92 Å². The van der Waals surface area contributed by atoms with Crippen molar-refractivity contribution in [2.24, 2.45) is 0 Å². The topological polar surface area (TPSA) is 43.9 Å². The van der Waals surface area contributed by atoms with Crippen LogP contribution in [-0.2, 0) is 4.79 Å². The summed E-state index contributed by atoms with van der Waals surface area (Å²) in [5.41, 5.74) is 3.73. The molecule has 1 fully saturated rings. The fourth-order valence-corrected chi connectivity index (χ4v) is 3.55. The molecule has 5 nitrogen and oxygen atoms in total. The van der Waals surface area contributed by atoms with E-state index in [-0.39, 0.29) is 18.4 Å². The minimum atomic E-state index is -0.0844. The Labute approximate surface area is 161 Å². The smallest absolute Gasteiger partial charge is 0.254 e. The number of carbonyl (C=O) groups excluding carboxylic acids is 2. The van der Waals surface area contributed by atoms with E-state index in [0.29, 0.717) is 18.7 Å². The maximum atomic E-state index is 12.8. The van der Waals surface area contributed by atoms with Crippen molar-refractivity contribution >= 4 is 23.2 Å². The molecule has 3 rings (SSSR count). The number of hydrogen-bond donors (Lipinski definition) is 0. The predicted octanol–water partition coefficient (Wildman–Crippen LogP) is 3.33. The zero-order valence-electron chi connectivity index (χ0n) is 16.3. The average Bonchev–Trinajstić information content (AvgIpc) is 2.69. The number of carbonyl (C=O) groups is 2. The molecule has 0 aromatic heterocycles. The highest BCUT2D eigenvalue weighted by Crippen LogP contribution is 2.22. The lowest BCUT2D eigenvalue weighted by Crippen LogP contribution is -2.52. The number of aryl methyl sites for hydroxylation is 1. The third kappa shape index (κ3) is 3.97. The van der Waals surface area contributed by atoms with E-state index in [1.807, 2.05) is 55.5 Å². The average molecular weight is 365 g/mol. The van der Waals surface area contributed by atoms with Gasteiger partial charge in [0.1, 0.15) is 6.54 Å². The third-order valence-corrected chi connectivity index (χ3v) is 5.16. The van der Waals surface area contributed by atoms with Crippen LogP contribution in [0.25, 0.3) is 0 Å². The summed E-state index contributed by atoms with van der Waals surface area (Å²) in [6.45, 7) is 9.26. The Morgan fingerprint density at radius 3 is 2.26 bits per heavy atom. The summed E-state index contributed by atoms with van der Waals surface area (Å²) in [4.78, 5) is 31.1.